The molecule has 0 spiro atoms. The molecular formula is C20H21N3O5. The Balaban J connectivity index is 2.05. The van der Waals surface area contributed by atoms with E-state index >= 15 is 0 Å². The highest BCUT2D eigenvalue weighted by Crippen LogP contribution is 2.32. The number of carbonyl (C=O) groups is 1. The molecule has 0 saturated carbocycles. The van der Waals surface area contributed by atoms with Gasteiger partial charge in [0.15, 0.2) is 0 Å². The number of aryl methyl sites for hydroxylation is 2. The average Bonchev–Trinajstić information content (AvgIpc) is 2.95. The van der Waals surface area contributed by atoms with Crippen LogP contribution in [0.2, 0.25) is 0 Å². The zero-order chi connectivity index (χ0) is 20.4. The lowest BCUT2D eigenvalue weighted by Gasteiger charge is -2.11. The smallest absolute Gasteiger partial charge is 0.272 e. The summed E-state index contributed by atoms with van der Waals surface area (Å²) < 4.78 is 7.42. The van der Waals surface area contributed by atoms with Gasteiger partial charge in [-0.1, -0.05) is 0 Å². The molecule has 0 aliphatic rings. The van der Waals surface area contributed by atoms with E-state index in [1.807, 2.05) is 43.5 Å². The predicted octanol–water partition coefficient (Wildman–Crippen LogP) is 4.23. The highest BCUT2D eigenvalue weighted by Gasteiger charge is 2.22. The minimum absolute atomic E-state index is 0.0125. The quantitative estimate of drug-likeness (QED) is 0.376. The highest BCUT2D eigenvalue weighted by molar-refractivity contribution is 6.09. The number of non-ortho nitro benzene ring substituents is 1. The number of nitro benzene ring substituents is 1. The van der Waals surface area contributed by atoms with E-state index in [9.17, 15) is 20.0 Å². The summed E-state index contributed by atoms with van der Waals surface area (Å²) in [6.45, 7) is 6.77. The van der Waals surface area contributed by atoms with E-state index < -0.39 is 10.8 Å². The van der Waals surface area contributed by atoms with Gasteiger partial charge in [-0.3, -0.25) is 14.9 Å². The first-order valence-electron chi connectivity index (χ1n) is 8.91. The molecule has 3 aromatic rings. The van der Waals surface area contributed by atoms with Crippen LogP contribution in [0.3, 0.4) is 0 Å². The Morgan fingerprint density at radius 1 is 1.25 bits per heavy atom. The zero-order valence-corrected chi connectivity index (χ0v) is 15.9. The lowest BCUT2D eigenvalue weighted by molar-refractivity contribution is -0.384. The number of carbonyl (C=O) groups excluding carboxylic acids is 1. The number of phenolic OH excluding ortho intramolecular Hbond substituents is 1. The number of phenols is 1. The molecule has 0 unspecified atom stereocenters. The summed E-state index contributed by atoms with van der Waals surface area (Å²) in [5, 5.41) is 24.4. The Labute approximate surface area is 161 Å². The van der Waals surface area contributed by atoms with Crippen molar-refractivity contribution in [3.8, 4) is 11.5 Å². The first kappa shape index (κ1) is 19.2. The standard InChI is InChI=1S/C20H21N3O5/c1-4-22-17-8-7-14(28-5-2)11-15(17)12(3)19(22)20(25)21-16-10-13(23(26)27)6-9-18(16)24/h6-11,24H,4-5H2,1-3H3,(H,21,25). The number of aromatic nitrogens is 1. The largest absolute Gasteiger partial charge is 0.506 e. The van der Waals surface area contributed by atoms with E-state index in [-0.39, 0.29) is 17.1 Å². The molecule has 8 nitrogen and oxygen atoms in total. The van der Waals surface area contributed by atoms with Crippen molar-refractivity contribution in [2.45, 2.75) is 27.3 Å². The van der Waals surface area contributed by atoms with Gasteiger partial charge >= 0.3 is 0 Å². The van der Waals surface area contributed by atoms with Gasteiger partial charge in [0.1, 0.15) is 17.2 Å². The second kappa shape index (κ2) is 7.59. The van der Waals surface area contributed by atoms with Gasteiger partial charge in [0, 0.05) is 29.6 Å². The summed E-state index contributed by atoms with van der Waals surface area (Å²) >= 11 is 0. The summed E-state index contributed by atoms with van der Waals surface area (Å²) in [5.74, 6) is 0.0216. The molecule has 8 heteroatoms. The molecule has 0 aliphatic carbocycles. The zero-order valence-electron chi connectivity index (χ0n) is 15.9. The molecular weight excluding hydrogens is 362 g/mol. The highest BCUT2D eigenvalue weighted by atomic mass is 16.6. The van der Waals surface area contributed by atoms with Gasteiger partial charge in [0.25, 0.3) is 11.6 Å². The van der Waals surface area contributed by atoms with E-state index in [2.05, 4.69) is 5.32 Å². The Kier molecular flexibility index (Phi) is 5.21. The normalized spacial score (nSPS) is 10.8. The van der Waals surface area contributed by atoms with Crippen LogP contribution >= 0.6 is 0 Å². The number of nitrogens with zero attached hydrogens (tertiary/aromatic N) is 2. The number of hydrogen-bond acceptors (Lipinski definition) is 5. The van der Waals surface area contributed by atoms with Crippen LogP contribution in [0, 0.1) is 17.0 Å². The van der Waals surface area contributed by atoms with Gasteiger partial charge in [-0.15, -0.1) is 0 Å². The number of aromatic hydroxyl groups is 1. The van der Waals surface area contributed by atoms with Crippen molar-refractivity contribution in [1.29, 1.82) is 0 Å². The second-order valence-electron chi connectivity index (χ2n) is 6.24. The van der Waals surface area contributed by atoms with Crippen LogP contribution in [0.15, 0.2) is 36.4 Å². The lowest BCUT2D eigenvalue weighted by Crippen LogP contribution is -2.18. The molecule has 0 radical (unpaired) electrons. The van der Waals surface area contributed by atoms with Crippen molar-refractivity contribution in [1.82, 2.24) is 4.57 Å². The summed E-state index contributed by atoms with van der Waals surface area (Å²) in [6.07, 6.45) is 0. The van der Waals surface area contributed by atoms with Gasteiger partial charge in [0.05, 0.1) is 17.2 Å². The van der Waals surface area contributed by atoms with Crippen molar-refractivity contribution in [2.75, 3.05) is 11.9 Å². The third-order valence-corrected chi connectivity index (χ3v) is 4.57. The predicted molar refractivity (Wildman–Crippen MR) is 106 cm³/mol. The van der Waals surface area contributed by atoms with Crippen molar-refractivity contribution >= 4 is 28.2 Å². The van der Waals surface area contributed by atoms with Gasteiger partial charge < -0.3 is 19.7 Å². The minimum atomic E-state index is -0.585. The van der Waals surface area contributed by atoms with Gasteiger partial charge in [-0.05, 0) is 50.6 Å². The van der Waals surface area contributed by atoms with Crippen molar-refractivity contribution in [3.63, 3.8) is 0 Å². The second-order valence-corrected chi connectivity index (χ2v) is 6.24. The van der Waals surface area contributed by atoms with Crippen LogP contribution in [0.1, 0.15) is 29.9 Å². The lowest BCUT2D eigenvalue weighted by atomic mass is 10.1. The maximum atomic E-state index is 13.0. The summed E-state index contributed by atoms with van der Waals surface area (Å²) in [6, 6.07) is 9.14. The van der Waals surface area contributed by atoms with E-state index in [4.69, 9.17) is 4.74 Å². The van der Waals surface area contributed by atoms with Crippen LogP contribution in [-0.4, -0.2) is 27.1 Å². The van der Waals surface area contributed by atoms with Gasteiger partial charge in [0.2, 0.25) is 0 Å². The molecule has 2 aromatic carbocycles. The van der Waals surface area contributed by atoms with Crippen LogP contribution in [0.4, 0.5) is 11.4 Å². The van der Waals surface area contributed by atoms with E-state index in [1.165, 1.54) is 12.1 Å². The molecule has 1 amide bonds. The van der Waals surface area contributed by atoms with Crippen LogP contribution in [0.25, 0.3) is 10.9 Å². The number of amides is 1. The fraction of sp³-hybridized carbons (Fsp3) is 0.250. The molecule has 0 bridgehead atoms. The topological polar surface area (TPSA) is 107 Å². The van der Waals surface area contributed by atoms with Crippen LogP contribution < -0.4 is 10.1 Å². The Morgan fingerprint density at radius 2 is 2.00 bits per heavy atom. The minimum Gasteiger partial charge on any atom is -0.506 e. The molecule has 146 valence electrons. The number of ether oxygens (including phenoxy) is 1. The first-order chi connectivity index (χ1) is 13.4. The van der Waals surface area contributed by atoms with Crippen molar-refractivity contribution in [2.24, 2.45) is 0 Å². The molecule has 1 aromatic heterocycles. The van der Waals surface area contributed by atoms with E-state index in [0.29, 0.717) is 18.8 Å². The van der Waals surface area contributed by atoms with E-state index in [1.54, 1.807) is 0 Å². The summed E-state index contributed by atoms with van der Waals surface area (Å²) in [5.41, 5.74) is 1.85. The number of hydrogen-bond donors (Lipinski definition) is 2. The Bertz CT molecular complexity index is 1070. The number of anilines is 1. The summed E-state index contributed by atoms with van der Waals surface area (Å²) in [4.78, 5) is 23.4. The monoisotopic (exact) mass is 383 g/mol. The maximum absolute atomic E-state index is 13.0. The molecule has 3 rings (SSSR count). The van der Waals surface area contributed by atoms with E-state index in [0.717, 1.165) is 28.3 Å². The van der Waals surface area contributed by atoms with Gasteiger partial charge in [-0.2, -0.15) is 0 Å². The fourth-order valence-corrected chi connectivity index (χ4v) is 3.30. The number of benzene rings is 2. The Morgan fingerprint density at radius 3 is 2.64 bits per heavy atom. The number of nitrogens with one attached hydrogen (secondary N) is 1. The Hall–Kier alpha value is -3.55. The molecule has 0 saturated heterocycles. The summed E-state index contributed by atoms with van der Waals surface area (Å²) in [7, 11) is 0. The molecule has 28 heavy (non-hydrogen) atoms. The number of fused-ring (bicyclic) bond motifs is 1. The third kappa shape index (κ3) is 3.36. The fourth-order valence-electron chi connectivity index (χ4n) is 3.30. The van der Waals surface area contributed by atoms with Crippen molar-refractivity contribution in [3.05, 3.63) is 57.8 Å². The molecule has 1 heterocycles. The maximum Gasteiger partial charge on any atom is 0.272 e. The van der Waals surface area contributed by atoms with Crippen LogP contribution in [0.5, 0.6) is 11.5 Å². The average molecular weight is 383 g/mol. The van der Waals surface area contributed by atoms with Crippen molar-refractivity contribution < 1.29 is 19.6 Å². The first-order valence-corrected chi connectivity index (χ1v) is 8.91. The van der Waals surface area contributed by atoms with Gasteiger partial charge in [-0.25, -0.2) is 0 Å². The molecule has 0 atom stereocenters. The molecule has 0 fully saturated rings. The molecule has 0 aliphatic heterocycles. The SMILES string of the molecule is CCOc1ccc2c(c1)c(C)c(C(=O)Nc1cc([N+](=O)[O-])ccc1O)n2CC. The third-order valence-electron chi connectivity index (χ3n) is 4.57. The number of rotatable bonds is 6. The number of nitro groups is 1. The molecule has 2 N–H and O–H groups in total. The van der Waals surface area contributed by atoms with Crippen LogP contribution in [-0.2, 0) is 6.54 Å².